The second kappa shape index (κ2) is 3.91. The van der Waals surface area contributed by atoms with Crippen LogP contribution in [-0.2, 0) is 9.84 Å². The summed E-state index contributed by atoms with van der Waals surface area (Å²) < 4.78 is 58.7. The summed E-state index contributed by atoms with van der Waals surface area (Å²) in [5.74, 6) is -1.11. The van der Waals surface area contributed by atoms with Gasteiger partial charge >= 0.3 is 5.51 Å². The Hall–Kier alpha value is -1.77. The highest BCUT2D eigenvalue weighted by atomic mass is 32.2. The predicted molar refractivity (Wildman–Crippen MR) is 52.6 cm³/mol. The number of carbonyl (C=O) groups excluding carboxylic acids is 1. The third-order valence-corrected chi connectivity index (χ3v) is 3.39. The van der Waals surface area contributed by atoms with Gasteiger partial charge in [-0.25, -0.2) is 8.42 Å². The smallest absolute Gasteiger partial charge is 0.398 e. The van der Waals surface area contributed by atoms with Gasteiger partial charge in [0.25, 0.3) is 15.7 Å². The van der Waals surface area contributed by atoms with E-state index in [1.807, 2.05) is 0 Å². The Balaban J connectivity index is 3.46. The highest BCUT2D eigenvalue weighted by Gasteiger charge is 2.47. The number of sulfone groups is 1. The standard InChI is InChI=1S/C8H7F3N2O3S/c9-8(10,11)17(15,16)4-1-2-6(12)5(3-4)7(13)14/h1-3H,12H2,(H2,13,14). The van der Waals surface area contributed by atoms with Gasteiger partial charge in [-0.2, -0.15) is 13.2 Å². The SMILES string of the molecule is NC(=O)c1cc(S(=O)(=O)C(F)(F)F)ccc1N. The molecule has 0 spiro atoms. The van der Waals surface area contributed by atoms with E-state index in [9.17, 15) is 26.4 Å². The summed E-state index contributed by atoms with van der Waals surface area (Å²) in [5.41, 5.74) is 3.99. The summed E-state index contributed by atoms with van der Waals surface area (Å²) in [7, 11) is -5.51. The molecule has 0 bridgehead atoms. The van der Waals surface area contributed by atoms with E-state index in [1.165, 1.54) is 0 Å². The van der Waals surface area contributed by atoms with Crippen LogP contribution in [0.3, 0.4) is 0 Å². The van der Waals surface area contributed by atoms with Crippen molar-refractivity contribution in [1.29, 1.82) is 0 Å². The molecule has 1 amide bonds. The molecular formula is C8H7F3N2O3S. The van der Waals surface area contributed by atoms with Crippen LogP contribution >= 0.6 is 0 Å². The summed E-state index contributed by atoms with van der Waals surface area (Å²) in [5, 5.41) is 0. The Labute approximate surface area is 94.1 Å². The lowest BCUT2D eigenvalue weighted by molar-refractivity contribution is -0.0436. The van der Waals surface area contributed by atoms with Crippen molar-refractivity contribution in [1.82, 2.24) is 0 Å². The molecule has 0 aliphatic carbocycles. The quantitative estimate of drug-likeness (QED) is 0.769. The van der Waals surface area contributed by atoms with Gasteiger partial charge in [0, 0.05) is 5.69 Å². The van der Waals surface area contributed by atoms with Crippen molar-refractivity contribution < 1.29 is 26.4 Å². The molecule has 9 heteroatoms. The number of carbonyl (C=O) groups is 1. The van der Waals surface area contributed by atoms with Gasteiger partial charge in [0.15, 0.2) is 0 Å². The summed E-state index contributed by atoms with van der Waals surface area (Å²) in [6.07, 6.45) is 0. The molecule has 0 aromatic heterocycles. The topological polar surface area (TPSA) is 103 Å². The van der Waals surface area contributed by atoms with Crippen LogP contribution < -0.4 is 11.5 Å². The molecule has 0 heterocycles. The highest BCUT2D eigenvalue weighted by Crippen LogP contribution is 2.31. The van der Waals surface area contributed by atoms with E-state index in [0.717, 1.165) is 6.07 Å². The first-order chi connectivity index (χ1) is 7.57. The molecule has 0 saturated carbocycles. The number of halogens is 3. The molecule has 1 aromatic rings. The number of primary amides is 1. The van der Waals surface area contributed by atoms with Crippen LogP contribution in [0.1, 0.15) is 10.4 Å². The first-order valence-electron chi connectivity index (χ1n) is 4.08. The van der Waals surface area contributed by atoms with Crippen molar-refractivity contribution >= 4 is 21.4 Å². The second-order valence-electron chi connectivity index (χ2n) is 3.06. The summed E-state index contributed by atoms with van der Waals surface area (Å²) in [6.45, 7) is 0. The summed E-state index contributed by atoms with van der Waals surface area (Å²) in [6, 6.07) is 2.03. The lowest BCUT2D eigenvalue weighted by Crippen LogP contribution is -2.24. The van der Waals surface area contributed by atoms with Crippen molar-refractivity contribution in [2.45, 2.75) is 10.4 Å². The first-order valence-corrected chi connectivity index (χ1v) is 5.56. The van der Waals surface area contributed by atoms with Gasteiger partial charge in [-0.3, -0.25) is 4.79 Å². The molecule has 0 atom stereocenters. The number of benzene rings is 1. The van der Waals surface area contributed by atoms with E-state index in [0.29, 0.717) is 12.1 Å². The Morgan fingerprint density at radius 2 is 1.76 bits per heavy atom. The zero-order valence-corrected chi connectivity index (χ0v) is 8.97. The van der Waals surface area contributed by atoms with Gasteiger partial charge in [0.05, 0.1) is 10.5 Å². The number of hydrogen-bond acceptors (Lipinski definition) is 4. The van der Waals surface area contributed by atoms with Crippen LogP contribution in [0.25, 0.3) is 0 Å². The van der Waals surface area contributed by atoms with Crippen LogP contribution in [0, 0.1) is 0 Å². The van der Waals surface area contributed by atoms with Crippen LogP contribution in [-0.4, -0.2) is 19.8 Å². The van der Waals surface area contributed by atoms with Crippen LogP contribution in [0.5, 0.6) is 0 Å². The van der Waals surface area contributed by atoms with Crippen molar-refractivity contribution in [3.8, 4) is 0 Å². The average Bonchev–Trinajstić information content (AvgIpc) is 2.15. The van der Waals surface area contributed by atoms with Gasteiger partial charge in [-0.1, -0.05) is 0 Å². The molecule has 4 N–H and O–H groups in total. The third kappa shape index (κ3) is 2.33. The van der Waals surface area contributed by atoms with Crippen molar-refractivity contribution in [3.05, 3.63) is 23.8 Å². The zero-order valence-electron chi connectivity index (χ0n) is 8.15. The Morgan fingerprint density at radius 1 is 1.24 bits per heavy atom. The molecule has 0 unspecified atom stereocenters. The van der Waals surface area contributed by atoms with E-state index in [1.54, 1.807) is 0 Å². The fourth-order valence-corrected chi connectivity index (χ4v) is 1.84. The minimum Gasteiger partial charge on any atom is -0.398 e. The Bertz CT molecular complexity index is 566. The maximum absolute atomic E-state index is 12.2. The van der Waals surface area contributed by atoms with Gasteiger partial charge in [0.1, 0.15) is 0 Å². The molecule has 0 radical (unpaired) electrons. The number of nitrogen functional groups attached to an aromatic ring is 1. The largest absolute Gasteiger partial charge is 0.501 e. The molecule has 0 aliphatic rings. The van der Waals surface area contributed by atoms with Crippen molar-refractivity contribution in [3.63, 3.8) is 0 Å². The molecule has 17 heavy (non-hydrogen) atoms. The van der Waals surface area contributed by atoms with Crippen LogP contribution in [0.2, 0.25) is 0 Å². The monoisotopic (exact) mass is 268 g/mol. The average molecular weight is 268 g/mol. The zero-order chi connectivity index (χ0) is 13.4. The van der Waals surface area contributed by atoms with E-state index in [4.69, 9.17) is 11.5 Å². The molecule has 0 aliphatic heterocycles. The van der Waals surface area contributed by atoms with Gasteiger partial charge in [-0.05, 0) is 18.2 Å². The maximum Gasteiger partial charge on any atom is 0.501 e. The van der Waals surface area contributed by atoms with E-state index < -0.39 is 31.7 Å². The van der Waals surface area contributed by atoms with Gasteiger partial charge in [-0.15, -0.1) is 0 Å². The highest BCUT2D eigenvalue weighted by molar-refractivity contribution is 7.92. The van der Waals surface area contributed by atoms with Gasteiger partial charge in [0.2, 0.25) is 0 Å². The summed E-state index contributed by atoms with van der Waals surface area (Å²) >= 11 is 0. The lowest BCUT2D eigenvalue weighted by atomic mass is 10.2. The number of amides is 1. The lowest BCUT2D eigenvalue weighted by Gasteiger charge is -2.09. The van der Waals surface area contributed by atoms with E-state index in [-0.39, 0.29) is 5.69 Å². The Morgan fingerprint density at radius 3 is 2.18 bits per heavy atom. The number of hydrogen-bond donors (Lipinski definition) is 2. The van der Waals surface area contributed by atoms with Crippen LogP contribution in [0.15, 0.2) is 23.1 Å². The second-order valence-corrected chi connectivity index (χ2v) is 5.00. The molecule has 94 valence electrons. The molecule has 1 aromatic carbocycles. The summed E-state index contributed by atoms with van der Waals surface area (Å²) in [4.78, 5) is 9.74. The number of alkyl halides is 3. The van der Waals surface area contributed by atoms with Crippen molar-refractivity contribution in [2.75, 3.05) is 5.73 Å². The minimum atomic E-state index is -5.51. The number of nitrogens with two attached hydrogens (primary N) is 2. The van der Waals surface area contributed by atoms with Crippen molar-refractivity contribution in [2.24, 2.45) is 5.73 Å². The van der Waals surface area contributed by atoms with Gasteiger partial charge < -0.3 is 11.5 Å². The van der Waals surface area contributed by atoms with E-state index in [2.05, 4.69) is 0 Å². The molecule has 0 fully saturated rings. The third-order valence-electron chi connectivity index (χ3n) is 1.91. The minimum absolute atomic E-state index is 0.196. The molecule has 5 nitrogen and oxygen atoms in total. The normalized spacial score (nSPS) is 12.4. The Kier molecular flexibility index (Phi) is 3.06. The van der Waals surface area contributed by atoms with Crippen LogP contribution in [0.4, 0.5) is 18.9 Å². The predicted octanol–water partition coefficient (Wildman–Crippen LogP) is 0.661. The molecule has 1 rings (SSSR count). The fourth-order valence-electron chi connectivity index (χ4n) is 1.05. The maximum atomic E-state index is 12.2. The number of anilines is 1. The molecule has 0 saturated heterocycles. The first kappa shape index (κ1) is 13.3. The van der Waals surface area contributed by atoms with E-state index >= 15 is 0 Å². The number of rotatable bonds is 2. The fraction of sp³-hybridized carbons (Fsp3) is 0.125. The molecular weight excluding hydrogens is 261 g/mol.